The maximum absolute atomic E-state index is 14.1. The Balaban J connectivity index is 1.40. The van der Waals surface area contributed by atoms with Crippen LogP contribution in [0.5, 0.6) is 0 Å². The number of amides is 3. The summed E-state index contributed by atoms with van der Waals surface area (Å²) in [4.78, 5) is 30.6. The van der Waals surface area contributed by atoms with Gasteiger partial charge in [0.2, 0.25) is 5.91 Å². The van der Waals surface area contributed by atoms with Crippen molar-refractivity contribution in [2.75, 3.05) is 38.7 Å². The zero-order valence-corrected chi connectivity index (χ0v) is 23.3. The van der Waals surface area contributed by atoms with Gasteiger partial charge in [-0.15, -0.1) is 0 Å². The van der Waals surface area contributed by atoms with Gasteiger partial charge in [0.25, 0.3) is 0 Å². The Morgan fingerprint density at radius 1 is 1.13 bits per heavy atom. The summed E-state index contributed by atoms with van der Waals surface area (Å²) in [6.07, 6.45) is 6.15. The minimum Gasteiger partial charge on any atom is -0.394 e. The minimum absolute atomic E-state index is 0.0105. The number of carbonyl (C=O) groups is 2. The normalized spacial score (nSPS) is 32.6. The van der Waals surface area contributed by atoms with Gasteiger partial charge in [0, 0.05) is 32.2 Å². The lowest BCUT2D eigenvalue weighted by atomic mass is 9.57. The number of rotatable bonds is 3. The molecule has 5 rings (SSSR count). The summed E-state index contributed by atoms with van der Waals surface area (Å²) in [5.74, 6) is 1.43. The average Bonchev–Trinajstić information content (AvgIpc) is 3.29. The lowest BCUT2D eigenvalue weighted by Crippen LogP contribution is -2.65. The zero-order valence-electron chi connectivity index (χ0n) is 23.3. The van der Waals surface area contributed by atoms with Gasteiger partial charge in [-0.25, -0.2) is 9.18 Å². The minimum atomic E-state index is -0.533. The Bertz CT molecular complexity index is 1030. The number of para-hydroxylation sites is 1. The molecule has 1 aromatic rings. The summed E-state index contributed by atoms with van der Waals surface area (Å²) < 4.78 is 19.9. The molecule has 2 aliphatic carbocycles. The van der Waals surface area contributed by atoms with Crippen molar-refractivity contribution in [2.45, 2.75) is 71.4 Å². The van der Waals surface area contributed by atoms with E-state index in [9.17, 15) is 19.1 Å². The van der Waals surface area contributed by atoms with Crippen LogP contribution in [0.3, 0.4) is 0 Å². The highest BCUT2D eigenvalue weighted by atomic mass is 19.1. The van der Waals surface area contributed by atoms with Crippen LogP contribution in [0.15, 0.2) is 24.3 Å². The van der Waals surface area contributed by atoms with Crippen LogP contribution in [0.2, 0.25) is 0 Å². The molecule has 0 bridgehead atoms. The van der Waals surface area contributed by atoms with Crippen LogP contribution in [0, 0.1) is 40.3 Å². The van der Waals surface area contributed by atoms with E-state index in [0.717, 1.165) is 38.5 Å². The number of aliphatic hydroxyl groups excluding tert-OH is 1. The van der Waals surface area contributed by atoms with Gasteiger partial charge >= 0.3 is 6.03 Å². The quantitative estimate of drug-likeness (QED) is 0.592. The molecule has 2 saturated heterocycles. The largest absolute Gasteiger partial charge is 0.394 e. The molecule has 38 heavy (non-hydrogen) atoms. The highest BCUT2D eigenvalue weighted by Gasteiger charge is 2.62. The number of ether oxygens (including phenoxy) is 1. The number of urea groups is 1. The van der Waals surface area contributed by atoms with Gasteiger partial charge in [-0.2, -0.15) is 0 Å². The smallest absolute Gasteiger partial charge is 0.321 e. The van der Waals surface area contributed by atoms with Crippen molar-refractivity contribution < 1.29 is 23.8 Å². The van der Waals surface area contributed by atoms with E-state index in [1.807, 2.05) is 25.7 Å². The highest BCUT2D eigenvalue weighted by Crippen LogP contribution is 2.62. The van der Waals surface area contributed by atoms with Crippen LogP contribution >= 0.6 is 0 Å². The Kier molecular flexibility index (Phi) is 7.50. The van der Waals surface area contributed by atoms with E-state index >= 15 is 0 Å². The van der Waals surface area contributed by atoms with Gasteiger partial charge in [0.05, 0.1) is 24.4 Å². The second kappa shape index (κ2) is 10.4. The van der Waals surface area contributed by atoms with E-state index in [0.29, 0.717) is 37.4 Å². The molecule has 5 unspecified atom stereocenters. The number of hydrogen-bond donors (Lipinski definition) is 2. The molecule has 2 N–H and O–H groups in total. The van der Waals surface area contributed by atoms with Gasteiger partial charge in [0.15, 0.2) is 0 Å². The number of fused-ring (bicyclic) bond motifs is 4. The number of nitrogens with one attached hydrogen (secondary N) is 1. The van der Waals surface area contributed by atoms with E-state index in [-0.39, 0.29) is 47.7 Å². The molecule has 210 valence electrons. The summed E-state index contributed by atoms with van der Waals surface area (Å²) in [7, 11) is 1.80. The first kappa shape index (κ1) is 27.4. The lowest BCUT2D eigenvalue weighted by molar-refractivity contribution is -0.161. The third-order valence-electron chi connectivity index (χ3n) is 10.2. The number of aliphatic hydroxyl groups is 1. The molecule has 8 heteroatoms. The van der Waals surface area contributed by atoms with Crippen molar-refractivity contribution in [3.63, 3.8) is 0 Å². The molecular weight excluding hydrogens is 485 g/mol. The van der Waals surface area contributed by atoms with Crippen LogP contribution in [0.4, 0.5) is 14.9 Å². The van der Waals surface area contributed by atoms with Crippen molar-refractivity contribution in [2.24, 2.45) is 34.5 Å². The van der Waals surface area contributed by atoms with Crippen LogP contribution in [-0.4, -0.2) is 72.3 Å². The monoisotopic (exact) mass is 529 g/mol. The van der Waals surface area contributed by atoms with Gasteiger partial charge < -0.3 is 25.0 Å². The molecule has 4 fully saturated rings. The maximum Gasteiger partial charge on any atom is 0.321 e. The maximum atomic E-state index is 14.1. The Morgan fingerprint density at radius 3 is 2.47 bits per heavy atom. The van der Waals surface area contributed by atoms with Crippen molar-refractivity contribution in [3.8, 4) is 0 Å². The molecule has 2 aliphatic heterocycles. The van der Waals surface area contributed by atoms with Crippen molar-refractivity contribution in [3.05, 3.63) is 30.1 Å². The first-order chi connectivity index (χ1) is 18.1. The van der Waals surface area contributed by atoms with E-state index in [1.165, 1.54) is 6.07 Å². The SMILES string of the molecule is COC1CCC2C(C1)CC1C2C2(CCN(C(=O)Nc3ccccc3F)CC2)CN(C(=O)C(C)(C)C)[C@H]1CO. The van der Waals surface area contributed by atoms with Crippen LogP contribution in [0.1, 0.15) is 59.3 Å². The number of benzene rings is 1. The van der Waals surface area contributed by atoms with Crippen LogP contribution in [0.25, 0.3) is 0 Å². The molecule has 2 saturated carbocycles. The molecule has 6 atom stereocenters. The molecule has 0 aromatic heterocycles. The molecular formula is C30H44FN3O4. The number of likely N-dealkylation sites (tertiary alicyclic amines) is 2. The summed E-state index contributed by atoms with van der Waals surface area (Å²) in [6, 6.07) is 5.79. The number of anilines is 1. The molecule has 4 aliphatic rings. The lowest BCUT2D eigenvalue weighted by Gasteiger charge is -2.58. The van der Waals surface area contributed by atoms with Gasteiger partial charge in [-0.3, -0.25) is 4.79 Å². The number of nitrogens with zero attached hydrogens (tertiary/aromatic N) is 2. The first-order valence-corrected chi connectivity index (χ1v) is 14.3. The average molecular weight is 530 g/mol. The predicted molar refractivity (Wildman–Crippen MR) is 144 cm³/mol. The fraction of sp³-hybridized carbons (Fsp3) is 0.733. The van der Waals surface area contributed by atoms with Gasteiger partial charge in [-0.05, 0) is 79.7 Å². The van der Waals surface area contributed by atoms with E-state index in [4.69, 9.17) is 4.74 Å². The first-order valence-electron chi connectivity index (χ1n) is 14.3. The second-order valence-corrected chi connectivity index (χ2v) is 13.2. The van der Waals surface area contributed by atoms with Crippen LogP contribution in [-0.2, 0) is 9.53 Å². The fourth-order valence-electron chi connectivity index (χ4n) is 8.40. The van der Waals surface area contributed by atoms with Crippen molar-refractivity contribution >= 4 is 17.6 Å². The standard InChI is InChI=1S/C30H44FN3O4/c1-29(2,3)27(36)34-18-30(11-13-33(14-12-30)28(37)32-24-8-6-5-7-23(24)31)26-21-10-9-20(38-4)15-19(21)16-22(26)25(34)17-35/h5-8,19-22,25-26,35H,9-18H2,1-4H3,(H,32,37)/t19?,20?,21?,22?,25-,26?/m0/s1. The summed E-state index contributed by atoms with van der Waals surface area (Å²) >= 11 is 0. The molecule has 0 radical (unpaired) electrons. The fourth-order valence-corrected chi connectivity index (χ4v) is 8.40. The number of halogens is 1. The molecule has 3 amide bonds. The van der Waals surface area contributed by atoms with Crippen LogP contribution < -0.4 is 5.32 Å². The number of piperidine rings is 2. The third kappa shape index (κ3) is 4.83. The number of hydrogen-bond acceptors (Lipinski definition) is 4. The summed E-state index contributed by atoms with van der Waals surface area (Å²) in [6.45, 7) is 7.63. The van der Waals surface area contributed by atoms with Crippen molar-refractivity contribution in [1.82, 2.24) is 9.80 Å². The Labute approximate surface area is 226 Å². The summed E-state index contributed by atoms with van der Waals surface area (Å²) in [5, 5.41) is 13.3. The Hall–Kier alpha value is -2.19. The summed E-state index contributed by atoms with van der Waals surface area (Å²) in [5.41, 5.74) is -0.434. The van der Waals surface area contributed by atoms with Crippen molar-refractivity contribution in [1.29, 1.82) is 0 Å². The molecule has 1 spiro atoms. The van der Waals surface area contributed by atoms with E-state index in [2.05, 4.69) is 5.32 Å². The topological polar surface area (TPSA) is 82.1 Å². The molecule has 7 nitrogen and oxygen atoms in total. The van der Waals surface area contributed by atoms with E-state index < -0.39 is 11.2 Å². The number of carbonyl (C=O) groups excluding carboxylic acids is 2. The molecule has 2 heterocycles. The molecule has 1 aromatic carbocycles. The second-order valence-electron chi connectivity index (χ2n) is 13.2. The van der Waals surface area contributed by atoms with Gasteiger partial charge in [0.1, 0.15) is 5.82 Å². The number of methoxy groups -OCH3 is 1. The van der Waals surface area contributed by atoms with E-state index in [1.54, 1.807) is 30.2 Å². The Morgan fingerprint density at radius 2 is 1.84 bits per heavy atom. The highest BCUT2D eigenvalue weighted by molar-refractivity contribution is 5.89. The van der Waals surface area contributed by atoms with Gasteiger partial charge in [-0.1, -0.05) is 32.9 Å². The predicted octanol–water partition coefficient (Wildman–Crippen LogP) is 4.76. The zero-order chi connectivity index (χ0) is 27.2. The third-order valence-corrected chi connectivity index (χ3v) is 10.2.